The number of aryl methyl sites for hydroxylation is 1. The predicted molar refractivity (Wildman–Crippen MR) is 110 cm³/mol. The molecule has 4 rings (SSSR count). The molecule has 3 aromatic heterocycles. The number of nitrogens with zero attached hydrogens (tertiary/aromatic N) is 4. The standard InChI is InChI=1S/C19H10Cl2F4N4O2S/c20-11-3-8(1-2-15(30)31)13(22)5-10(11)17-27-28-18(32-17)14-7-29-6-9(19(23,24)25)4-12(21)16(29)26-14/h3-7H,1-2H2,(H,30,31). The van der Waals surface area contributed by atoms with Gasteiger partial charge in [0.1, 0.15) is 16.5 Å². The summed E-state index contributed by atoms with van der Waals surface area (Å²) in [6.45, 7) is 0. The topological polar surface area (TPSA) is 80.4 Å². The van der Waals surface area contributed by atoms with E-state index in [4.69, 9.17) is 28.3 Å². The minimum atomic E-state index is -4.57. The van der Waals surface area contributed by atoms with Crippen LogP contribution in [0, 0.1) is 5.82 Å². The Kier molecular flexibility index (Phi) is 5.82. The van der Waals surface area contributed by atoms with Gasteiger partial charge in [-0.25, -0.2) is 9.37 Å². The third-order valence-electron chi connectivity index (χ3n) is 4.45. The third kappa shape index (κ3) is 4.41. The Morgan fingerprint density at radius 3 is 2.50 bits per heavy atom. The molecule has 1 aromatic carbocycles. The van der Waals surface area contributed by atoms with E-state index in [-0.39, 0.29) is 55.4 Å². The average Bonchev–Trinajstić information content (AvgIpc) is 3.34. The van der Waals surface area contributed by atoms with E-state index in [0.717, 1.165) is 34.1 Å². The molecule has 0 saturated carbocycles. The van der Waals surface area contributed by atoms with E-state index in [1.807, 2.05) is 0 Å². The Labute approximate surface area is 191 Å². The summed E-state index contributed by atoms with van der Waals surface area (Å²) in [7, 11) is 0. The Hall–Kier alpha value is -2.76. The maximum atomic E-state index is 14.4. The van der Waals surface area contributed by atoms with Crippen molar-refractivity contribution in [1.82, 2.24) is 19.6 Å². The normalized spacial score (nSPS) is 11.9. The van der Waals surface area contributed by atoms with Crippen molar-refractivity contribution in [3.63, 3.8) is 0 Å². The molecule has 0 amide bonds. The van der Waals surface area contributed by atoms with Crippen molar-refractivity contribution in [2.24, 2.45) is 0 Å². The fourth-order valence-corrected chi connectivity index (χ4v) is 4.35. The highest BCUT2D eigenvalue weighted by Crippen LogP contribution is 2.37. The van der Waals surface area contributed by atoms with Gasteiger partial charge in [-0.15, -0.1) is 10.2 Å². The number of hydrogen-bond acceptors (Lipinski definition) is 5. The van der Waals surface area contributed by atoms with Crippen LogP contribution in [0.15, 0.2) is 30.6 Å². The summed E-state index contributed by atoms with van der Waals surface area (Å²) in [4.78, 5) is 14.9. The molecule has 6 nitrogen and oxygen atoms in total. The van der Waals surface area contributed by atoms with Crippen molar-refractivity contribution in [2.45, 2.75) is 19.0 Å². The summed E-state index contributed by atoms with van der Waals surface area (Å²) >= 11 is 13.2. The van der Waals surface area contributed by atoms with Gasteiger partial charge in [0.15, 0.2) is 10.7 Å². The van der Waals surface area contributed by atoms with Crippen LogP contribution in [0.3, 0.4) is 0 Å². The monoisotopic (exact) mass is 504 g/mol. The molecule has 3 heterocycles. The quantitative estimate of drug-likeness (QED) is 0.337. The van der Waals surface area contributed by atoms with Gasteiger partial charge in [-0.2, -0.15) is 13.2 Å². The summed E-state index contributed by atoms with van der Waals surface area (Å²) in [5.74, 6) is -1.70. The number of rotatable bonds is 5. The molecule has 0 fully saturated rings. The van der Waals surface area contributed by atoms with Gasteiger partial charge in [0.25, 0.3) is 0 Å². The van der Waals surface area contributed by atoms with E-state index >= 15 is 0 Å². The zero-order valence-electron chi connectivity index (χ0n) is 15.6. The van der Waals surface area contributed by atoms with Crippen LogP contribution in [-0.4, -0.2) is 30.7 Å². The predicted octanol–water partition coefficient (Wildman–Crippen LogP) is 6.00. The van der Waals surface area contributed by atoms with E-state index in [1.54, 1.807) is 0 Å². The van der Waals surface area contributed by atoms with Crippen LogP contribution in [0.5, 0.6) is 0 Å². The highest BCUT2D eigenvalue weighted by molar-refractivity contribution is 7.18. The fourth-order valence-electron chi connectivity index (χ4n) is 2.94. The van der Waals surface area contributed by atoms with Crippen LogP contribution >= 0.6 is 34.5 Å². The number of aromatic nitrogens is 4. The first-order chi connectivity index (χ1) is 15.0. The maximum Gasteiger partial charge on any atom is 0.417 e. The van der Waals surface area contributed by atoms with Crippen LogP contribution in [-0.2, 0) is 17.4 Å². The number of carbonyl (C=O) groups is 1. The summed E-state index contributed by atoms with van der Waals surface area (Å²) in [6.07, 6.45) is -2.65. The van der Waals surface area contributed by atoms with Crippen LogP contribution < -0.4 is 0 Å². The van der Waals surface area contributed by atoms with Gasteiger partial charge in [-0.3, -0.25) is 4.79 Å². The van der Waals surface area contributed by atoms with Crippen LogP contribution in [0.4, 0.5) is 17.6 Å². The number of aliphatic carboxylic acids is 1. The summed E-state index contributed by atoms with van der Waals surface area (Å²) < 4.78 is 54.6. The number of carboxylic acid groups (broad SMARTS) is 1. The molecule has 4 aromatic rings. The number of benzene rings is 1. The van der Waals surface area contributed by atoms with Crippen molar-refractivity contribution < 1.29 is 27.5 Å². The van der Waals surface area contributed by atoms with Gasteiger partial charge in [0.2, 0.25) is 0 Å². The van der Waals surface area contributed by atoms with Gasteiger partial charge in [-0.05, 0) is 30.2 Å². The highest BCUT2D eigenvalue weighted by Gasteiger charge is 2.32. The molecule has 0 radical (unpaired) electrons. The zero-order valence-corrected chi connectivity index (χ0v) is 17.9. The highest BCUT2D eigenvalue weighted by atomic mass is 35.5. The van der Waals surface area contributed by atoms with E-state index in [0.29, 0.717) is 0 Å². The number of fused-ring (bicyclic) bond motifs is 1. The van der Waals surface area contributed by atoms with Gasteiger partial charge in [-0.1, -0.05) is 34.5 Å². The summed E-state index contributed by atoms with van der Waals surface area (Å²) in [5, 5.41) is 17.2. The lowest BCUT2D eigenvalue weighted by molar-refractivity contribution is -0.138. The van der Waals surface area contributed by atoms with E-state index < -0.39 is 23.5 Å². The molecule has 0 aliphatic heterocycles. The van der Waals surface area contributed by atoms with Crippen LogP contribution in [0.2, 0.25) is 10.0 Å². The number of imidazole rings is 1. The van der Waals surface area contributed by atoms with E-state index in [9.17, 15) is 22.4 Å². The Morgan fingerprint density at radius 1 is 1.09 bits per heavy atom. The Morgan fingerprint density at radius 2 is 1.81 bits per heavy atom. The maximum absolute atomic E-state index is 14.4. The zero-order chi connectivity index (χ0) is 23.2. The fraction of sp³-hybridized carbons (Fsp3) is 0.158. The molecule has 166 valence electrons. The number of halogens is 6. The molecule has 0 spiro atoms. The first-order valence-electron chi connectivity index (χ1n) is 8.82. The van der Waals surface area contributed by atoms with Gasteiger partial charge >= 0.3 is 12.1 Å². The van der Waals surface area contributed by atoms with Crippen molar-refractivity contribution in [3.05, 3.63) is 57.6 Å². The second-order valence-corrected chi connectivity index (χ2v) is 8.45. The van der Waals surface area contributed by atoms with Crippen molar-refractivity contribution in [1.29, 1.82) is 0 Å². The van der Waals surface area contributed by atoms with Gasteiger partial charge in [0.05, 0.1) is 15.6 Å². The van der Waals surface area contributed by atoms with E-state index in [2.05, 4.69) is 15.2 Å². The molecule has 13 heteroatoms. The molecule has 0 aliphatic rings. The SMILES string of the molecule is O=C(O)CCc1cc(Cl)c(-c2nnc(-c3cn4cc(C(F)(F)F)cc(Cl)c4n3)s2)cc1F. The second-order valence-electron chi connectivity index (χ2n) is 6.66. The lowest BCUT2D eigenvalue weighted by atomic mass is 10.1. The summed E-state index contributed by atoms with van der Waals surface area (Å²) in [5.41, 5.74) is -0.195. The molecule has 1 N–H and O–H groups in total. The van der Waals surface area contributed by atoms with Crippen LogP contribution in [0.25, 0.3) is 26.9 Å². The first kappa shape index (κ1) is 22.4. The molecular formula is C19H10Cl2F4N4O2S. The van der Waals surface area contributed by atoms with Crippen molar-refractivity contribution in [3.8, 4) is 21.3 Å². The lowest BCUT2D eigenvalue weighted by Gasteiger charge is -2.07. The van der Waals surface area contributed by atoms with Gasteiger partial charge < -0.3 is 9.51 Å². The number of carboxylic acids is 1. The minimum Gasteiger partial charge on any atom is -0.481 e. The average molecular weight is 505 g/mol. The molecule has 0 unspecified atom stereocenters. The number of hydrogen-bond donors (Lipinski definition) is 1. The first-order valence-corrected chi connectivity index (χ1v) is 10.4. The molecule has 0 bridgehead atoms. The molecule has 0 aliphatic carbocycles. The molecule has 0 atom stereocenters. The summed E-state index contributed by atoms with van der Waals surface area (Å²) in [6, 6.07) is 3.26. The number of pyridine rings is 1. The van der Waals surface area contributed by atoms with Crippen molar-refractivity contribution >= 4 is 46.2 Å². The van der Waals surface area contributed by atoms with Crippen molar-refractivity contribution in [2.75, 3.05) is 0 Å². The Bertz CT molecular complexity index is 1350. The van der Waals surface area contributed by atoms with E-state index in [1.165, 1.54) is 12.3 Å². The largest absolute Gasteiger partial charge is 0.481 e. The van der Waals surface area contributed by atoms with Gasteiger partial charge in [0, 0.05) is 24.4 Å². The Balaban J connectivity index is 1.68. The smallest absolute Gasteiger partial charge is 0.417 e. The molecule has 0 saturated heterocycles. The third-order valence-corrected chi connectivity index (χ3v) is 6.02. The molecular weight excluding hydrogens is 495 g/mol. The minimum absolute atomic E-state index is 0.0234. The molecule has 32 heavy (non-hydrogen) atoms. The van der Waals surface area contributed by atoms with Crippen LogP contribution in [0.1, 0.15) is 17.5 Å². The number of alkyl halides is 3. The second kappa shape index (κ2) is 8.30. The lowest BCUT2D eigenvalue weighted by Crippen LogP contribution is -2.06.